The van der Waals surface area contributed by atoms with Crippen molar-refractivity contribution in [1.29, 1.82) is 0 Å². The summed E-state index contributed by atoms with van der Waals surface area (Å²) in [6.07, 6.45) is -1.54. The van der Waals surface area contributed by atoms with E-state index in [1.54, 1.807) is 0 Å². The first-order valence-electron chi connectivity index (χ1n) is 15.6. The number of para-hydroxylation sites is 2. The highest BCUT2D eigenvalue weighted by molar-refractivity contribution is 6.14. The molecule has 0 radical (unpaired) electrons. The number of allylic oxidation sites excluding steroid dienone is 2. The molecule has 0 fully saturated rings. The molecule has 0 atom stereocenters. The molecule has 8 bridgehead atoms. The number of fused-ring (bicyclic) bond motifs is 1. The largest absolute Gasteiger partial charge is 0.490 e. The molecule has 6 aliphatic heterocycles. The van der Waals surface area contributed by atoms with Crippen molar-refractivity contribution in [3.63, 3.8) is 0 Å². The van der Waals surface area contributed by atoms with Gasteiger partial charge in [0.25, 0.3) is 0 Å². The smallest absolute Gasteiger partial charge is 0.475 e. The summed E-state index contributed by atoms with van der Waals surface area (Å²) < 4.78 is 63.5. The second kappa shape index (κ2) is 15.8. The predicted molar refractivity (Wildman–Crippen MR) is 184 cm³/mol. The van der Waals surface area contributed by atoms with Crippen molar-refractivity contribution >= 4 is 34.7 Å². The lowest BCUT2D eigenvalue weighted by Gasteiger charge is -2.28. The van der Waals surface area contributed by atoms with Gasteiger partial charge in [-0.2, -0.15) is 26.3 Å². The number of anilines is 2. The number of hydrogen-bond donors (Lipinski definition) is 2. The number of aliphatic imine (C=N–C) groups is 2. The second-order valence-electron chi connectivity index (χ2n) is 11.6. The Labute approximate surface area is 294 Å². The summed E-state index contributed by atoms with van der Waals surface area (Å²) in [7, 11) is 0. The van der Waals surface area contributed by atoms with Crippen LogP contribution in [0.2, 0.25) is 0 Å². The molecule has 0 saturated heterocycles. The molecule has 0 saturated carbocycles. The number of halogens is 6. The van der Waals surface area contributed by atoms with Gasteiger partial charge >= 0.3 is 24.3 Å². The van der Waals surface area contributed by atoms with E-state index in [0.29, 0.717) is 13.1 Å². The maximum Gasteiger partial charge on any atom is 0.490 e. The lowest BCUT2D eigenvalue weighted by atomic mass is 10.0. The zero-order valence-electron chi connectivity index (χ0n) is 27.1. The normalized spacial score (nSPS) is 14.7. The van der Waals surface area contributed by atoms with E-state index in [2.05, 4.69) is 131 Å². The minimum absolute atomic E-state index is 0.650. The third-order valence-corrected chi connectivity index (χ3v) is 7.87. The molecule has 14 heteroatoms. The third-order valence-electron chi connectivity index (χ3n) is 7.87. The molecule has 6 heterocycles. The van der Waals surface area contributed by atoms with Crippen LogP contribution in [0.15, 0.2) is 132 Å². The summed E-state index contributed by atoms with van der Waals surface area (Å²) in [5.41, 5.74) is 11.8. The Morgan fingerprint density at radius 3 is 1.27 bits per heavy atom. The second-order valence-corrected chi connectivity index (χ2v) is 11.6. The molecule has 52 heavy (non-hydrogen) atoms. The fourth-order valence-electron chi connectivity index (χ4n) is 5.42. The third kappa shape index (κ3) is 9.53. The number of rotatable bonds is 0. The Morgan fingerprint density at radius 2 is 0.904 bits per heavy atom. The summed E-state index contributed by atoms with van der Waals surface area (Å²) >= 11 is 0. The Kier molecular flexibility index (Phi) is 11.3. The van der Waals surface area contributed by atoms with E-state index < -0.39 is 24.3 Å². The van der Waals surface area contributed by atoms with E-state index in [9.17, 15) is 26.3 Å². The van der Waals surface area contributed by atoms with Crippen molar-refractivity contribution < 1.29 is 46.1 Å². The van der Waals surface area contributed by atoms with Gasteiger partial charge in [-0.05, 0) is 46.5 Å². The first kappa shape index (κ1) is 37.1. The molecule has 0 unspecified atom stereocenters. The van der Waals surface area contributed by atoms with Crippen LogP contribution in [0.1, 0.15) is 33.4 Å². The fraction of sp³-hybridized carbons (Fsp3) is 0.158. The van der Waals surface area contributed by atoms with Crippen molar-refractivity contribution in [2.75, 3.05) is 9.80 Å². The number of alkyl halides is 6. The molecule has 0 aromatic heterocycles. The summed E-state index contributed by atoms with van der Waals surface area (Å²) in [6, 6.07) is 34.7. The number of nitrogens with zero attached hydrogens (tertiary/aromatic N) is 4. The Hall–Kier alpha value is -6.18. The number of carboxylic acid groups (broad SMARTS) is 2. The Balaban J connectivity index is 0.000000318. The van der Waals surface area contributed by atoms with Crippen molar-refractivity contribution in [3.05, 3.63) is 155 Å². The molecule has 2 N–H and O–H groups in total. The van der Waals surface area contributed by atoms with Gasteiger partial charge in [0.05, 0.1) is 35.9 Å². The zero-order valence-corrected chi connectivity index (χ0v) is 27.1. The van der Waals surface area contributed by atoms with Crippen LogP contribution in [0.5, 0.6) is 0 Å². The molecular formula is C38H30F6N4O4. The minimum Gasteiger partial charge on any atom is -0.475 e. The molecule has 0 amide bonds. The van der Waals surface area contributed by atoms with Crippen LogP contribution >= 0.6 is 0 Å². The quantitative estimate of drug-likeness (QED) is 0.177. The average Bonchev–Trinajstić information content (AvgIpc) is 3.11. The van der Waals surface area contributed by atoms with Gasteiger partial charge in [0, 0.05) is 36.6 Å². The SMILES string of the molecule is C1=CN2Cc3cccc(c3)CN3C=CC(=NCc4ccc(cc4)CN=C1c1ccccc12)c1ccccc13.O=C(O)C(F)(F)F.O=C(O)C(F)(F)F. The summed E-state index contributed by atoms with van der Waals surface area (Å²) in [6.45, 7) is 2.91. The average molecular weight is 721 g/mol. The Morgan fingerprint density at radius 1 is 0.538 bits per heavy atom. The number of carbonyl (C=O) groups is 2. The monoisotopic (exact) mass is 720 g/mol. The van der Waals surface area contributed by atoms with E-state index >= 15 is 0 Å². The topological polar surface area (TPSA) is 106 Å². The lowest BCUT2D eigenvalue weighted by molar-refractivity contribution is -0.193. The first-order valence-corrected chi connectivity index (χ1v) is 15.6. The van der Waals surface area contributed by atoms with Gasteiger partial charge < -0.3 is 20.0 Å². The number of aliphatic carboxylic acids is 2. The van der Waals surface area contributed by atoms with Crippen LogP contribution in [0, 0.1) is 0 Å². The van der Waals surface area contributed by atoms with E-state index in [1.807, 2.05) is 0 Å². The van der Waals surface area contributed by atoms with Crippen LogP contribution in [0.3, 0.4) is 0 Å². The number of carboxylic acids is 2. The molecular weight excluding hydrogens is 690 g/mol. The van der Waals surface area contributed by atoms with Gasteiger partial charge in [0.1, 0.15) is 0 Å². The van der Waals surface area contributed by atoms with Crippen LogP contribution in [-0.2, 0) is 35.8 Å². The van der Waals surface area contributed by atoms with Gasteiger partial charge in [-0.15, -0.1) is 0 Å². The minimum atomic E-state index is -5.08. The van der Waals surface area contributed by atoms with Gasteiger partial charge in [0.2, 0.25) is 0 Å². The maximum atomic E-state index is 10.6. The highest BCUT2D eigenvalue weighted by Gasteiger charge is 2.39. The van der Waals surface area contributed by atoms with E-state index in [1.165, 1.54) is 44.8 Å². The summed E-state index contributed by atoms with van der Waals surface area (Å²) in [5, 5.41) is 14.2. The van der Waals surface area contributed by atoms with Gasteiger partial charge in [0.15, 0.2) is 0 Å². The van der Waals surface area contributed by atoms with E-state index in [-0.39, 0.29) is 0 Å². The van der Waals surface area contributed by atoms with Crippen LogP contribution in [0.25, 0.3) is 0 Å². The van der Waals surface area contributed by atoms with Crippen molar-refractivity contribution in [2.24, 2.45) is 9.98 Å². The number of hydrogen-bond acceptors (Lipinski definition) is 6. The molecule has 268 valence electrons. The maximum absolute atomic E-state index is 10.6. The highest BCUT2D eigenvalue weighted by atomic mass is 19.4. The number of benzene rings is 4. The fourth-order valence-corrected chi connectivity index (χ4v) is 5.42. The first-order chi connectivity index (χ1) is 24.7. The Bertz CT molecular complexity index is 1910. The molecule has 4 aromatic carbocycles. The predicted octanol–water partition coefficient (Wildman–Crippen LogP) is 8.31. The van der Waals surface area contributed by atoms with Crippen molar-refractivity contribution in [1.82, 2.24) is 0 Å². The standard InChI is InChI=1S/C34H28N4.2C2HF3O2/c1-3-10-33-29(8-1)31-16-18-37(33)23-27-6-5-7-28(20-27)24-38-19-17-32(30-9-2-4-11-34(30)38)36-22-26-14-12-25(13-15-26)21-35-31;2*3-2(4,5)1(6)7/h1-20H,21-24H2;2*(H,6,7). The van der Waals surface area contributed by atoms with Gasteiger partial charge in [-0.3, -0.25) is 9.98 Å². The van der Waals surface area contributed by atoms with Gasteiger partial charge in [-0.1, -0.05) is 84.9 Å². The van der Waals surface area contributed by atoms with Crippen molar-refractivity contribution in [3.8, 4) is 0 Å². The lowest BCUT2D eigenvalue weighted by Crippen LogP contribution is -2.23. The van der Waals surface area contributed by atoms with E-state index in [4.69, 9.17) is 29.8 Å². The molecule has 0 spiro atoms. The summed E-state index contributed by atoms with van der Waals surface area (Å²) in [4.78, 5) is 32.4. The van der Waals surface area contributed by atoms with Crippen LogP contribution < -0.4 is 9.80 Å². The van der Waals surface area contributed by atoms with E-state index in [0.717, 1.165) is 24.5 Å². The zero-order chi connectivity index (χ0) is 37.5. The molecule has 10 rings (SSSR count). The van der Waals surface area contributed by atoms with Gasteiger partial charge in [-0.25, -0.2) is 9.59 Å². The molecule has 0 aliphatic carbocycles. The summed E-state index contributed by atoms with van der Waals surface area (Å²) in [5.74, 6) is -5.51. The molecule has 8 nitrogen and oxygen atoms in total. The van der Waals surface area contributed by atoms with Crippen LogP contribution in [0.4, 0.5) is 37.7 Å². The van der Waals surface area contributed by atoms with Crippen LogP contribution in [-0.4, -0.2) is 45.9 Å². The molecule has 4 aromatic rings. The highest BCUT2D eigenvalue weighted by Crippen LogP contribution is 2.30. The van der Waals surface area contributed by atoms with Crippen molar-refractivity contribution in [2.45, 2.75) is 38.5 Å². The molecule has 6 aliphatic rings.